The third-order valence-corrected chi connectivity index (χ3v) is 6.88. The van der Waals surface area contributed by atoms with E-state index in [2.05, 4.69) is 52.2 Å². The molecule has 1 heterocycles. The second-order valence-electron chi connectivity index (χ2n) is 8.57. The summed E-state index contributed by atoms with van der Waals surface area (Å²) in [5, 5.41) is 12.4. The molecule has 0 spiro atoms. The van der Waals surface area contributed by atoms with Gasteiger partial charge in [0.05, 0.1) is 13.2 Å². The van der Waals surface area contributed by atoms with Gasteiger partial charge in [0.2, 0.25) is 6.29 Å². The van der Waals surface area contributed by atoms with Gasteiger partial charge in [0.25, 0.3) is 5.91 Å². The van der Waals surface area contributed by atoms with Crippen LogP contribution < -0.4 is 5.32 Å². The smallest absolute Gasteiger partial charge is 0.286 e. The normalized spacial score (nSPS) is 21.5. The Hall–Kier alpha value is -1.90. The topological polar surface area (TPSA) is 67.8 Å². The number of nitrogens with one attached hydrogen (secondary N) is 1. The quantitative estimate of drug-likeness (QED) is 0.470. The highest BCUT2D eigenvalue weighted by Gasteiger charge is 2.30. The molecule has 6 heteroatoms. The molecule has 5 nitrogen and oxygen atoms in total. The Balaban J connectivity index is 1.46. The maximum Gasteiger partial charge on any atom is 0.286 e. The summed E-state index contributed by atoms with van der Waals surface area (Å²) in [6.07, 6.45) is 7.72. The van der Waals surface area contributed by atoms with Crippen LogP contribution in [0.1, 0.15) is 61.1 Å². The molecule has 2 N–H and O–H groups in total. The molecular weight excluding hydrogens is 517 g/mol. The number of benzene rings is 2. The van der Waals surface area contributed by atoms with Crippen LogP contribution in [0.25, 0.3) is 0 Å². The Morgan fingerprint density at radius 1 is 1.03 bits per heavy atom. The van der Waals surface area contributed by atoms with Crippen LogP contribution in [0.15, 0.2) is 60.4 Å². The van der Waals surface area contributed by atoms with Crippen LogP contribution in [0.2, 0.25) is 0 Å². The first-order valence-electron chi connectivity index (χ1n) is 11.4. The van der Waals surface area contributed by atoms with Crippen molar-refractivity contribution in [3.05, 3.63) is 80.6 Å². The van der Waals surface area contributed by atoms with Crippen molar-refractivity contribution >= 4 is 28.5 Å². The molecule has 4 rings (SSSR count). The summed E-state index contributed by atoms with van der Waals surface area (Å²) in [5.41, 5.74) is 3.02. The van der Waals surface area contributed by atoms with Gasteiger partial charge in [-0.05, 0) is 70.3 Å². The van der Waals surface area contributed by atoms with Crippen molar-refractivity contribution in [3.63, 3.8) is 0 Å². The van der Waals surface area contributed by atoms with Crippen molar-refractivity contribution in [1.29, 1.82) is 0 Å². The molecule has 170 valence electrons. The number of amides is 1. The Kier molecular flexibility index (Phi) is 8.21. The second-order valence-corrected chi connectivity index (χ2v) is 9.81. The van der Waals surface area contributed by atoms with Gasteiger partial charge in [-0.3, -0.25) is 4.79 Å². The average Bonchev–Trinajstić information content (AvgIpc) is 2.84. The Morgan fingerprint density at radius 2 is 1.72 bits per heavy atom. The zero-order valence-corrected chi connectivity index (χ0v) is 20.3. The lowest BCUT2D eigenvalue weighted by molar-refractivity contribution is -0.150. The van der Waals surface area contributed by atoms with E-state index in [0.29, 0.717) is 18.8 Å². The molecular formula is C26H30INO4. The molecule has 2 aromatic carbocycles. The van der Waals surface area contributed by atoms with E-state index in [4.69, 9.17) is 9.47 Å². The van der Waals surface area contributed by atoms with Crippen molar-refractivity contribution in [3.8, 4) is 0 Å². The van der Waals surface area contributed by atoms with Gasteiger partial charge in [-0.1, -0.05) is 55.7 Å². The second kappa shape index (κ2) is 11.3. The molecule has 0 radical (unpaired) electrons. The molecule has 1 fully saturated rings. The lowest BCUT2D eigenvalue weighted by atomic mass is 9.92. The number of ether oxygens (including phenoxy) is 2. The van der Waals surface area contributed by atoms with Crippen molar-refractivity contribution < 1.29 is 19.4 Å². The number of carbonyl (C=O) groups excluding carboxylic acids is 1. The minimum Gasteiger partial charge on any atom is -0.459 e. The van der Waals surface area contributed by atoms with E-state index in [1.807, 2.05) is 30.3 Å². The van der Waals surface area contributed by atoms with Gasteiger partial charge in [0.1, 0.15) is 0 Å². The van der Waals surface area contributed by atoms with Crippen LogP contribution >= 0.6 is 22.6 Å². The Labute approximate surface area is 203 Å². The minimum atomic E-state index is -0.506. The molecule has 2 aromatic rings. The first-order valence-corrected chi connectivity index (χ1v) is 12.4. The number of hydrogen-bond acceptors (Lipinski definition) is 4. The predicted octanol–water partition coefficient (Wildman–Crippen LogP) is 5.16. The Morgan fingerprint density at radius 3 is 2.41 bits per heavy atom. The van der Waals surface area contributed by atoms with Gasteiger partial charge in [-0.2, -0.15) is 0 Å². The van der Waals surface area contributed by atoms with Gasteiger partial charge >= 0.3 is 0 Å². The SMILES string of the molecule is O=C(NC1CCCCC1)C1=C[C@H](c2ccc(I)cc2)C[C@H](OCc2ccc(CO)cc2)O1. The van der Waals surface area contributed by atoms with Crippen LogP contribution in [0.5, 0.6) is 0 Å². The number of rotatable bonds is 7. The molecule has 0 saturated heterocycles. The van der Waals surface area contributed by atoms with E-state index < -0.39 is 6.29 Å². The molecule has 2 aliphatic rings. The van der Waals surface area contributed by atoms with E-state index >= 15 is 0 Å². The first-order chi connectivity index (χ1) is 15.6. The van der Waals surface area contributed by atoms with Crippen molar-refractivity contribution in [2.45, 2.75) is 70.0 Å². The summed E-state index contributed by atoms with van der Waals surface area (Å²) in [4.78, 5) is 13.0. The van der Waals surface area contributed by atoms with Crippen LogP contribution in [0.3, 0.4) is 0 Å². The van der Waals surface area contributed by atoms with Crippen LogP contribution in [-0.4, -0.2) is 23.3 Å². The number of aliphatic hydroxyl groups excluding tert-OH is 1. The van der Waals surface area contributed by atoms with E-state index in [0.717, 1.165) is 42.4 Å². The molecule has 1 amide bonds. The summed E-state index contributed by atoms with van der Waals surface area (Å²) in [6.45, 7) is 0.405. The van der Waals surface area contributed by atoms with E-state index in [-0.39, 0.29) is 24.5 Å². The lowest BCUT2D eigenvalue weighted by Crippen LogP contribution is -2.39. The van der Waals surface area contributed by atoms with E-state index in [1.54, 1.807) is 0 Å². The number of allylic oxidation sites excluding steroid dienone is 1. The fourth-order valence-electron chi connectivity index (χ4n) is 4.29. The number of carbonyl (C=O) groups is 1. The van der Waals surface area contributed by atoms with Gasteiger partial charge in [0.15, 0.2) is 5.76 Å². The van der Waals surface area contributed by atoms with Crippen molar-refractivity contribution in [2.24, 2.45) is 0 Å². The van der Waals surface area contributed by atoms with E-state index in [1.165, 1.54) is 9.99 Å². The standard InChI is InChI=1S/C26H30INO4/c27-22-12-10-20(11-13-22)21-14-24(26(30)28-23-4-2-1-3-5-23)32-25(15-21)31-17-19-8-6-18(16-29)7-9-19/h6-14,21,23,25,29H,1-5,15-17H2,(H,28,30)/t21-,25+/m0/s1. The monoisotopic (exact) mass is 547 g/mol. The van der Waals surface area contributed by atoms with Crippen LogP contribution in [0.4, 0.5) is 0 Å². The summed E-state index contributed by atoms with van der Waals surface area (Å²) >= 11 is 2.30. The summed E-state index contributed by atoms with van der Waals surface area (Å²) in [7, 11) is 0. The van der Waals surface area contributed by atoms with Gasteiger partial charge in [0, 0.05) is 22.0 Å². The third-order valence-electron chi connectivity index (χ3n) is 6.16. The van der Waals surface area contributed by atoms with Gasteiger partial charge < -0.3 is 19.9 Å². The zero-order chi connectivity index (χ0) is 22.3. The largest absolute Gasteiger partial charge is 0.459 e. The summed E-state index contributed by atoms with van der Waals surface area (Å²) < 4.78 is 13.3. The maximum absolute atomic E-state index is 13.0. The fraction of sp³-hybridized carbons (Fsp3) is 0.423. The highest BCUT2D eigenvalue weighted by molar-refractivity contribution is 14.1. The number of halogens is 1. The van der Waals surface area contributed by atoms with Gasteiger partial charge in [-0.15, -0.1) is 0 Å². The number of aliphatic hydroxyl groups is 1. The predicted molar refractivity (Wildman–Crippen MR) is 132 cm³/mol. The minimum absolute atomic E-state index is 0.0226. The maximum atomic E-state index is 13.0. The highest BCUT2D eigenvalue weighted by atomic mass is 127. The fourth-order valence-corrected chi connectivity index (χ4v) is 4.65. The molecule has 0 aromatic heterocycles. The summed E-state index contributed by atoms with van der Waals surface area (Å²) in [5.74, 6) is 0.258. The van der Waals surface area contributed by atoms with Gasteiger partial charge in [-0.25, -0.2) is 0 Å². The molecule has 1 saturated carbocycles. The summed E-state index contributed by atoms with van der Waals surface area (Å²) in [6, 6.07) is 16.3. The van der Waals surface area contributed by atoms with Crippen molar-refractivity contribution in [2.75, 3.05) is 0 Å². The third kappa shape index (κ3) is 6.33. The van der Waals surface area contributed by atoms with Crippen molar-refractivity contribution in [1.82, 2.24) is 5.32 Å². The van der Waals surface area contributed by atoms with Crippen LogP contribution in [-0.2, 0) is 27.5 Å². The molecule has 32 heavy (non-hydrogen) atoms. The zero-order valence-electron chi connectivity index (χ0n) is 18.1. The average molecular weight is 547 g/mol. The molecule has 1 aliphatic heterocycles. The highest BCUT2D eigenvalue weighted by Crippen LogP contribution is 2.32. The molecule has 1 aliphatic carbocycles. The van der Waals surface area contributed by atoms with E-state index in [9.17, 15) is 9.90 Å². The first kappa shape index (κ1) is 23.3. The molecule has 2 atom stereocenters. The Bertz CT molecular complexity index is 920. The van der Waals surface area contributed by atoms with Crippen LogP contribution in [0, 0.1) is 3.57 Å². The lowest BCUT2D eigenvalue weighted by Gasteiger charge is -2.30. The molecule has 0 bridgehead atoms. The number of hydrogen-bond donors (Lipinski definition) is 2. The molecule has 0 unspecified atom stereocenters.